The highest BCUT2D eigenvalue weighted by molar-refractivity contribution is 5.94. The Kier molecular flexibility index (Phi) is 5.01. The van der Waals surface area contributed by atoms with Gasteiger partial charge in [-0.05, 0) is 69.6 Å². The first kappa shape index (κ1) is 23.0. The molecular formula is C29H32N10. The number of hydrogen-bond donors (Lipinski definition) is 3. The van der Waals surface area contributed by atoms with E-state index in [4.69, 9.17) is 15.2 Å². The Morgan fingerprint density at radius 2 is 1.95 bits per heavy atom. The summed E-state index contributed by atoms with van der Waals surface area (Å²) in [5.74, 6) is 2.13. The number of aromatic amines is 1. The number of H-pyrrole nitrogens is 1. The van der Waals surface area contributed by atoms with Gasteiger partial charge in [-0.1, -0.05) is 6.07 Å². The van der Waals surface area contributed by atoms with Crippen molar-refractivity contribution in [1.82, 2.24) is 34.8 Å². The number of aromatic nitrogens is 6. The lowest BCUT2D eigenvalue weighted by atomic mass is 9.57. The molecule has 0 spiro atoms. The summed E-state index contributed by atoms with van der Waals surface area (Å²) in [6.07, 6.45) is 12.8. The zero-order valence-corrected chi connectivity index (χ0v) is 22.1. The molecule has 3 aromatic heterocycles. The molecule has 4 fully saturated rings. The fourth-order valence-electron chi connectivity index (χ4n) is 7.38. The zero-order valence-electron chi connectivity index (χ0n) is 22.1. The Morgan fingerprint density at radius 3 is 2.69 bits per heavy atom. The van der Waals surface area contributed by atoms with Gasteiger partial charge in [-0.15, -0.1) is 0 Å². The van der Waals surface area contributed by atoms with Crippen LogP contribution in [0.1, 0.15) is 63.1 Å². The molecule has 10 heteroatoms. The summed E-state index contributed by atoms with van der Waals surface area (Å²) in [4.78, 5) is 12.6. The molecule has 198 valence electrons. The second-order valence-electron chi connectivity index (χ2n) is 11.9. The van der Waals surface area contributed by atoms with Gasteiger partial charge in [0, 0.05) is 59.0 Å². The van der Waals surface area contributed by atoms with Crippen LogP contribution in [0.25, 0.3) is 22.0 Å². The molecule has 3 saturated heterocycles. The molecule has 1 unspecified atom stereocenters. The Hall–Kier alpha value is -3.97. The second kappa shape index (κ2) is 8.52. The summed E-state index contributed by atoms with van der Waals surface area (Å²) in [6.45, 7) is 1.99. The minimum atomic E-state index is 0.317. The van der Waals surface area contributed by atoms with Gasteiger partial charge in [-0.2, -0.15) is 20.4 Å². The van der Waals surface area contributed by atoms with Gasteiger partial charge < -0.3 is 10.6 Å². The number of anilines is 3. The maximum Gasteiger partial charge on any atom is 0.225 e. The molecule has 1 saturated carbocycles. The number of nitrogens with zero attached hydrogens (tertiary/aromatic N) is 7. The number of rotatable bonds is 8. The van der Waals surface area contributed by atoms with Gasteiger partial charge >= 0.3 is 0 Å². The molecule has 0 radical (unpaired) electrons. The van der Waals surface area contributed by atoms with Crippen molar-refractivity contribution in [3.05, 3.63) is 42.4 Å². The Labute approximate surface area is 226 Å². The predicted molar refractivity (Wildman–Crippen MR) is 149 cm³/mol. The first-order chi connectivity index (χ1) is 19.1. The van der Waals surface area contributed by atoms with Crippen LogP contribution in [0.15, 0.2) is 36.7 Å². The third kappa shape index (κ3) is 3.87. The summed E-state index contributed by atoms with van der Waals surface area (Å²) in [7, 11) is 0. The van der Waals surface area contributed by atoms with E-state index in [1.165, 1.54) is 25.7 Å². The van der Waals surface area contributed by atoms with Gasteiger partial charge in [-0.25, -0.2) is 4.98 Å². The number of nitrogens with one attached hydrogen (secondary N) is 3. The molecule has 4 atom stereocenters. The van der Waals surface area contributed by atoms with Crippen molar-refractivity contribution < 1.29 is 0 Å². The van der Waals surface area contributed by atoms with Crippen LogP contribution in [-0.4, -0.2) is 58.5 Å². The van der Waals surface area contributed by atoms with E-state index in [1.807, 2.05) is 19.2 Å². The van der Waals surface area contributed by atoms with Gasteiger partial charge in [0.15, 0.2) is 5.82 Å². The van der Waals surface area contributed by atoms with Crippen molar-refractivity contribution in [3.63, 3.8) is 0 Å². The Balaban J connectivity index is 1.08. The average molecular weight is 521 g/mol. The topological polar surface area (TPSA) is 123 Å². The van der Waals surface area contributed by atoms with E-state index < -0.39 is 0 Å². The first-order valence-corrected chi connectivity index (χ1v) is 14.1. The molecule has 4 aromatic rings. The van der Waals surface area contributed by atoms with Crippen LogP contribution in [0.3, 0.4) is 0 Å². The molecular weight excluding hydrogens is 488 g/mol. The highest BCUT2D eigenvalue weighted by atomic mass is 15.4. The van der Waals surface area contributed by atoms with Crippen molar-refractivity contribution in [3.8, 4) is 17.2 Å². The van der Waals surface area contributed by atoms with E-state index in [1.54, 1.807) is 0 Å². The van der Waals surface area contributed by atoms with Gasteiger partial charge in [-0.3, -0.25) is 14.7 Å². The molecule has 3 aliphatic heterocycles. The molecule has 8 rings (SSSR count). The number of aryl methyl sites for hydroxylation is 1. The van der Waals surface area contributed by atoms with Crippen LogP contribution in [0.4, 0.5) is 17.6 Å². The largest absolute Gasteiger partial charge is 0.351 e. The maximum absolute atomic E-state index is 9.06. The van der Waals surface area contributed by atoms with Crippen molar-refractivity contribution in [2.45, 2.75) is 88.0 Å². The smallest absolute Gasteiger partial charge is 0.225 e. The Bertz CT molecular complexity index is 1590. The van der Waals surface area contributed by atoms with E-state index in [0.29, 0.717) is 42.1 Å². The SMILES string of the molecule is Cc1cc(Nc2nc(N[C@H]3C[C@@H]4CC5(CCC#N)C[C@H](C3)N45)nc3cc(-c4cnn(C5CC5)c4)ccc23)n[nH]1. The fraction of sp³-hybridized carbons (Fsp3) is 0.483. The number of nitriles is 1. The highest BCUT2D eigenvalue weighted by Gasteiger charge is 2.64. The fourth-order valence-corrected chi connectivity index (χ4v) is 7.38. The zero-order chi connectivity index (χ0) is 26.1. The lowest BCUT2D eigenvalue weighted by molar-refractivity contribution is -0.222. The quantitative estimate of drug-likeness (QED) is 0.294. The molecule has 1 aromatic carbocycles. The van der Waals surface area contributed by atoms with Crippen LogP contribution in [0.2, 0.25) is 0 Å². The molecule has 10 nitrogen and oxygen atoms in total. The molecule has 4 aliphatic rings. The predicted octanol–water partition coefficient (Wildman–Crippen LogP) is 5.07. The normalized spacial score (nSPS) is 27.3. The number of piperidine rings is 2. The third-order valence-corrected chi connectivity index (χ3v) is 9.22. The van der Waals surface area contributed by atoms with Crippen molar-refractivity contribution >= 4 is 28.5 Å². The van der Waals surface area contributed by atoms with E-state index in [-0.39, 0.29) is 0 Å². The van der Waals surface area contributed by atoms with E-state index in [9.17, 15) is 0 Å². The van der Waals surface area contributed by atoms with Crippen molar-refractivity contribution in [2.75, 3.05) is 10.6 Å². The maximum atomic E-state index is 9.06. The van der Waals surface area contributed by atoms with E-state index >= 15 is 0 Å². The molecule has 3 N–H and O–H groups in total. The summed E-state index contributed by atoms with van der Waals surface area (Å²) < 4.78 is 2.08. The molecule has 39 heavy (non-hydrogen) atoms. The van der Waals surface area contributed by atoms with Crippen LogP contribution in [0.5, 0.6) is 0 Å². The van der Waals surface area contributed by atoms with Gasteiger partial charge in [0.1, 0.15) is 5.82 Å². The Morgan fingerprint density at radius 1 is 1.10 bits per heavy atom. The van der Waals surface area contributed by atoms with Crippen LogP contribution in [-0.2, 0) is 0 Å². The second-order valence-corrected chi connectivity index (χ2v) is 11.9. The van der Waals surface area contributed by atoms with Gasteiger partial charge in [0.2, 0.25) is 5.95 Å². The summed E-state index contributed by atoms with van der Waals surface area (Å²) in [6, 6.07) is 12.8. The minimum Gasteiger partial charge on any atom is -0.351 e. The van der Waals surface area contributed by atoms with E-state index in [0.717, 1.165) is 58.6 Å². The first-order valence-electron chi connectivity index (χ1n) is 14.1. The van der Waals surface area contributed by atoms with Gasteiger partial charge in [0.05, 0.1) is 23.8 Å². The lowest BCUT2D eigenvalue weighted by Crippen LogP contribution is -2.81. The highest BCUT2D eigenvalue weighted by Crippen LogP contribution is 2.58. The molecule has 0 bridgehead atoms. The molecule has 0 amide bonds. The monoisotopic (exact) mass is 520 g/mol. The standard InChI is InChI=1S/C29H32N10/c1-17-9-26(37-36-17)34-27-24-6-3-18(19-15-31-38(16-19)21-4-5-21)10-25(24)33-28(35-27)32-20-11-22-13-29(7-2-8-30)14-23(12-20)39(22)29/h3,6,9-10,15-16,20-23H,2,4-5,7,11-14H2,1H3,(H3,32,33,34,35,36,37)/t20-,22+,23-,29?. The number of hydrogen-bond acceptors (Lipinski definition) is 8. The van der Waals surface area contributed by atoms with Gasteiger partial charge in [0.25, 0.3) is 0 Å². The average Bonchev–Trinajstić information content (AvgIpc) is 3.48. The minimum absolute atomic E-state index is 0.317. The summed E-state index contributed by atoms with van der Waals surface area (Å²) in [5, 5.41) is 29.1. The molecule has 1 aliphatic carbocycles. The summed E-state index contributed by atoms with van der Waals surface area (Å²) in [5.41, 5.74) is 4.41. The van der Waals surface area contributed by atoms with Crippen LogP contribution >= 0.6 is 0 Å². The lowest BCUT2D eigenvalue weighted by Gasteiger charge is -2.74. The van der Waals surface area contributed by atoms with Crippen molar-refractivity contribution in [1.29, 1.82) is 5.26 Å². The van der Waals surface area contributed by atoms with Crippen LogP contribution < -0.4 is 10.6 Å². The number of benzene rings is 1. The molecule has 6 heterocycles. The van der Waals surface area contributed by atoms with Crippen molar-refractivity contribution in [2.24, 2.45) is 0 Å². The van der Waals surface area contributed by atoms with E-state index in [2.05, 4.69) is 66.0 Å². The third-order valence-electron chi connectivity index (χ3n) is 9.22. The summed E-state index contributed by atoms with van der Waals surface area (Å²) >= 11 is 0. The number of fused-ring (bicyclic) bond motifs is 1. The van der Waals surface area contributed by atoms with Crippen LogP contribution in [0, 0.1) is 18.3 Å².